The number of anilines is 2. The molecule has 0 saturated carbocycles. The second kappa shape index (κ2) is 9.48. The molecule has 0 radical (unpaired) electrons. The minimum atomic E-state index is -0.953. The Balaban J connectivity index is 1.93. The van der Waals surface area contributed by atoms with E-state index in [2.05, 4.69) is 16.5 Å². The normalized spacial score (nSPS) is 19.5. The maximum Gasteiger partial charge on any atom is 0.407 e. The SMILES string of the molecule is CC(C)(C)C1CC(C(CC#N)n2cc(C(N)=O)c(Nc3ccc(F)cc3)n2)CCN1C(=O)O. The second-order valence-corrected chi connectivity index (χ2v) is 9.44. The van der Waals surface area contributed by atoms with Crippen LogP contribution in [0, 0.1) is 28.5 Å². The number of nitrogens with one attached hydrogen (secondary N) is 1. The quantitative estimate of drug-likeness (QED) is 0.598. The number of aromatic nitrogens is 2. The summed E-state index contributed by atoms with van der Waals surface area (Å²) >= 11 is 0. The minimum absolute atomic E-state index is 0.0243. The van der Waals surface area contributed by atoms with Crippen molar-refractivity contribution in [2.24, 2.45) is 17.1 Å². The highest BCUT2D eigenvalue weighted by molar-refractivity contribution is 5.98. The number of hydrogen-bond donors (Lipinski definition) is 3. The van der Waals surface area contributed by atoms with Gasteiger partial charge in [-0.15, -0.1) is 0 Å². The third kappa shape index (κ3) is 5.42. The van der Waals surface area contributed by atoms with Crippen molar-refractivity contribution < 1.29 is 19.1 Å². The molecule has 0 spiro atoms. The number of carbonyl (C=O) groups excluding carboxylic acids is 1. The molecule has 1 aromatic carbocycles. The number of rotatable bonds is 6. The van der Waals surface area contributed by atoms with E-state index >= 15 is 0 Å². The van der Waals surface area contributed by atoms with Gasteiger partial charge in [0.15, 0.2) is 5.82 Å². The van der Waals surface area contributed by atoms with Crippen LogP contribution in [0.5, 0.6) is 0 Å². The highest BCUT2D eigenvalue weighted by Gasteiger charge is 2.41. The zero-order valence-corrected chi connectivity index (χ0v) is 19.0. The number of nitrogens with two attached hydrogens (primary N) is 1. The van der Waals surface area contributed by atoms with E-state index in [9.17, 15) is 24.3 Å². The van der Waals surface area contributed by atoms with Crippen LogP contribution in [0.15, 0.2) is 30.5 Å². The Hall–Kier alpha value is -3.61. The van der Waals surface area contributed by atoms with Gasteiger partial charge in [-0.1, -0.05) is 20.8 Å². The lowest BCUT2D eigenvalue weighted by Gasteiger charge is -2.46. The van der Waals surface area contributed by atoms with Crippen LogP contribution in [0.2, 0.25) is 0 Å². The molecule has 4 N–H and O–H groups in total. The monoisotopic (exact) mass is 456 g/mol. The van der Waals surface area contributed by atoms with E-state index in [1.54, 1.807) is 4.68 Å². The summed E-state index contributed by atoms with van der Waals surface area (Å²) in [4.78, 5) is 25.3. The molecule has 0 aliphatic carbocycles. The fraction of sp³-hybridized carbons (Fsp3) is 0.478. The van der Waals surface area contributed by atoms with Crippen molar-refractivity contribution in [1.29, 1.82) is 5.26 Å². The molecule has 3 rings (SSSR count). The topological polar surface area (TPSA) is 137 Å². The number of halogens is 1. The highest BCUT2D eigenvalue weighted by Crippen LogP contribution is 2.40. The first-order valence-corrected chi connectivity index (χ1v) is 10.8. The van der Waals surface area contributed by atoms with Gasteiger partial charge in [0.05, 0.1) is 18.5 Å². The lowest BCUT2D eigenvalue weighted by atomic mass is 9.74. The summed E-state index contributed by atoms with van der Waals surface area (Å²) in [6, 6.07) is 7.20. The number of piperidine rings is 1. The standard InChI is InChI=1S/C23H29FN6O3/c1-23(2,3)19-12-14(9-11-29(19)22(32)33)18(8-10-25)30-13-17(20(26)31)21(28-30)27-16-6-4-15(24)5-7-16/h4-7,13-14,18-19H,8-9,11-12H2,1-3H3,(H2,26,31)(H,27,28)(H,32,33). The molecule has 2 aromatic rings. The summed E-state index contributed by atoms with van der Waals surface area (Å²) in [5, 5.41) is 26.7. The number of carboxylic acid groups (broad SMARTS) is 1. The number of likely N-dealkylation sites (tertiary alicyclic amines) is 1. The van der Waals surface area contributed by atoms with E-state index in [0.717, 1.165) is 0 Å². The average molecular weight is 457 g/mol. The molecule has 176 valence electrons. The van der Waals surface area contributed by atoms with Crippen LogP contribution in [0.1, 0.15) is 56.4 Å². The molecule has 2 heterocycles. The number of nitrogens with zero attached hydrogens (tertiary/aromatic N) is 4. The molecule has 9 nitrogen and oxygen atoms in total. The lowest BCUT2D eigenvalue weighted by Crippen LogP contribution is -2.52. The first-order valence-electron chi connectivity index (χ1n) is 10.8. The Morgan fingerprint density at radius 2 is 2.03 bits per heavy atom. The molecule has 33 heavy (non-hydrogen) atoms. The van der Waals surface area contributed by atoms with Crippen LogP contribution >= 0.6 is 0 Å². The van der Waals surface area contributed by atoms with E-state index < -0.39 is 17.8 Å². The molecule has 3 atom stereocenters. The first-order chi connectivity index (χ1) is 15.5. The van der Waals surface area contributed by atoms with Gasteiger partial charge in [-0.2, -0.15) is 10.4 Å². The second-order valence-electron chi connectivity index (χ2n) is 9.44. The van der Waals surface area contributed by atoms with Crippen LogP contribution < -0.4 is 11.1 Å². The number of carbonyl (C=O) groups is 2. The lowest BCUT2D eigenvalue weighted by molar-refractivity contribution is 0.0282. The van der Waals surface area contributed by atoms with Gasteiger partial charge in [-0.05, 0) is 48.4 Å². The number of hydrogen-bond acceptors (Lipinski definition) is 5. The molecule has 3 unspecified atom stereocenters. The summed E-state index contributed by atoms with van der Waals surface area (Å²) in [7, 11) is 0. The third-order valence-electron chi connectivity index (χ3n) is 6.18. The van der Waals surface area contributed by atoms with Gasteiger partial charge in [-0.3, -0.25) is 9.48 Å². The van der Waals surface area contributed by atoms with Crippen molar-refractivity contribution in [3.63, 3.8) is 0 Å². The van der Waals surface area contributed by atoms with Gasteiger partial charge < -0.3 is 21.1 Å². The summed E-state index contributed by atoms with van der Waals surface area (Å²) in [5.41, 5.74) is 5.96. The van der Waals surface area contributed by atoms with E-state index in [1.165, 1.54) is 35.4 Å². The number of amides is 2. The molecule has 1 aromatic heterocycles. The molecule has 1 aliphatic heterocycles. The Labute approximate surface area is 192 Å². The summed E-state index contributed by atoms with van der Waals surface area (Å²) in [6.07, 6.45) is 1.84. The summed E-state index contributed by atoms with van der Waals surface area (Å²) in [6.45, 7) is 6.35. The third-order valence-corrected chi connectivity index (χ3v) is 6.18. The number of benzene rings is 1. The van der Waals surface area contributed by atoms with Crippen LogP contribution in [0.4, 0.5) is 20.7 Å². The Morgan fingerprint density at radius 1 is 1.36 bits per heavy atom. The van der Waals surface area contributed by atoms with Crippen molar-refractivity contribution in [2.45, 2.75) is 52.1 Å². The number of nitriles is 1. The summed E-state index contributed by atoms with van der Waals surface area (Å²) < 4.78 is 14.8. The Bertz CT molecular complexity index is 1050. The van der Waals surface area contributed by atoms with E-state index in [4.69, 9.17) is 5.73 Å². The Morgan fingerprint density at radius 3 is 2.58 bits per heavy atom. The van der Waals surface area contributed by atoms with Crippen molar-refractivity contribution in [3.05, 3.63) is 41.8 Å². The van der Waals surface area contributed by atoms with Crippen LogP contribution in [0.3, 0.4) is 0 Å². The molecule has 0 bridgehead atoms. The predicted octanol–water partition coefficient (Wildman–Crippen LogP) is 4.12. The van der Waals surface area contributed by atoms with Gasteiger partial charge in [0.25, 0.3) is 5.91 Å². The van der Waals surface area contributed by atoms with Gasteiger partial charge in [-0.25, -0.2) is 9.18 Å². The van der Waals surface area contributed by atoms with E-state index in [0.29, 0.717) is 25.1 Å². The van der Waals surface area contributed by atoms with Crippen molar-refractivity contribution in [1.82, 2.24) is 14.7 Å². The average Bonchev–Trinajstić information content (AvgIpc) is 3.16. The van der Waals surface area contributed by atoms with Crippen LogP contribution in [-0.4, -0.2) is 44.4 Å². The number of primary amides is 1. The molecular formula is C23H29FN6O3. The van der Waals surface area contributed by atoms with Crippen molar-refractivity contribution >= 4 is 23.5 Å². The summed E-state index contributed by atoms with van der Waals surface area (Å²) in [5.74, 6) is -0.887. The fourth-order valence-electron chi connectivity index (χ4n) is 4.47. The van der Waals surface area contributed by atoms with E-state index in [1.807, 2.05) is 20.8 Å². The zero-order chi connectivity index (χ0) is 24.3. The Kier molecular flexibility index (Phi) is 6.91. The van der Waals surface area contributed by atoms with Crippen LogP contribution in [0.25, 0.3) is 0 Å². The smallest absolute Gasteiger partial charge is 0.407 e. The molecular weight excluding hydrogens is 427 g/mol. The van der Waals surface area contributed by atoms with Gasteiger partial charge in [0.1, 0.15) is 11.4 Å². The molecule has 1 saturated heterocycles. The molecule has 1 aliphatic rings. The largest absolute Gasteiger partial charge is 0.465 e. The van der Waals surface area contributed by atoms with Gasteiger partial charge >= 0.3 is 6.09 Å². The first kappa shape index (κ1) is 24.0. The fourth-order valence-corrected chi connectivity index (χ4v) is 4.47. The minimum Gasteiger partial charge on any atom is -0.465 e. The van der Waals surface area contributed by atoms with E-state index in [-0.39, 0.29) is 41.2 Å². The van der Waals surface area contributed by atoms with Crippen LogP contribution in [-0.2, 0) is 0 Å². The maximum absolute atomic E-state index is 13.2. The van der Waals surface area contributed by atoms with Gasteiger partial charge in [0.2, 0.25) is 0 Å². The molecule has 2 amide bonds. The predicted molar refractivity (Wildman–Crippen MR) is 120 cm³/mol. The van der Waals surface area contributed by atoms with Crippen molar-refractivity contribution in [2.75, 3.05) is 11.9 Å². The maximum atomic E-state index is 13.2. The zero-order valence-electron chi connectivity index (χ0n) is 19.0. The molecule has 10 heteroatoms. The highest BCUT2D eigenvalue weighted by atomic mass is 19.1. The molecule has 1 fully saturated rings. The van der Waals surface area contributed by atoms with Gasteiger partial charge in [0, 0.05) is 24.5 Å². The van der Waals surface area contributed by atoms with Crippen molar-refractivity contribution in [3.8, 4) is 6.07 Å².